The van der Waals surface area contributed by atoms with Crippen LogP contribution in [0.4, 0.5) is 0 Å². The van der Waals surface area contributed by atoms with Gasteiger partial charge in [-0.1, -0.05) is 19.3 Å². The normalized spacial score (nSPS) is 30.7. The number of ether oxygens (including phenoxy) is 1. The minimum Gasteiger partial charge on any atom is -0.448 e. The number of hydrogen-bond donors (Lipinski definition) is 0. The SMILES string of the molecule is CC1CN(CC2CCCN2C(=O)c2coc(C3CCCCC3)n2)CC(C)O1. The van der Waals surface area contributed by atoms with Crippen molar-refractivity contribution in [3.05, 3.63) is 17.8 Å². The Hall–Kier alpha value is -1.40. The second-order valence-corrected chi connectivity index (χ2v) is 8.68. The minimum atomic E-state index is 0.0395. The van der Waals surface area contributed by atoms with Gasteiger partial charge in [-0.3, -0.25) is 9.69 Å². The van der Waals surface area contributed by atoms with Crippen molar-refractivity contribution in [2.45, 2.75) is 83.0 Å². The molecule has 6 heteroatoms. The number of carbonyl (C=O) groups is 1. The Morgan fingerprint density at radius 2 is 1.85 bits per heavy atom. The van der Waals surface area contributed by atoms with E-state index in [1.807, 2.05) is 4.90 Å². The van der Waals surface area contributed by atoms with Crippen LogP contribution in [0.25, 0.3) is 0 Å². The Morgan fingerprint density at radius 1 is 1.11 bits per heavy atom. The van der Waals surface area contributed by atoms with Gasteiger partial charge in [0.05, 0.1) is 12.2 Å². The quantitative estimate of drug-likeness (QED) is 0.807. The molecule has 3 fully saturated rings. The van der Waals surface area contributed by atoms with Gasteiger partial charge in [0, 0.05) is 38.1 Å². The first-order chi connectivity index (χ1) is 13.1. The molecule has 2 aliphatic heterocycles. The number of carbonyl (C=O) groups excluding carboxylic acids is 1. The van der Waals surface area contributed by atoms with E-state index in [0.29, 0.717) is 11.6 Å². The summed E-state index contributed by atoms with van der Waals surface area (Å²) in [4.78, 5) is 22.1. The fourth-order valence-electron chi connectivity index (χ4n) is 5.09. The molecule has 0 aromatic carbocycles. The molecule has 0 radical (unpaired) electrons. The summed E-state index contributed by atoms with van der Waals surface area (Å²) in [6.45, 7) is 7.89. The van der Waals surface area contributed by atoms with E-state index in [1.165, 1.54) is 19.3 Å². The van der Waals surface area contributed by atoms with E-state index in [0.717, 1.165) is 57.8 Å². The van der Waals surface area contributed by atoms with Crippen molar-refractivity contribution in [2.24, 2.45) is 0 Å². The van der Waals surface area contributed by atoms with Gasteiger partial charge in [0.2, 0.25) is 0 Å². The molecule has 0 spiro atoms. The Balaban J connectivity index is 1.39. The van der Waals surface area contributed by atoms with Gasteiger partial charge in [-0.05, 0) is 39.5 Å². The lowest BCUT2D eigenvalue weighted by Gasteiger charge is -2.38. The number of amides is 1. The maximum Gasteiger partial charge on any atom is 0.276 e. The van der Waals surface area contributed by atoms with Crippen molar-refractivity contribution in [3.8, 4) is 0 Å². The van der Waals surface area contributed by atoms with Gasteiger partial charge in [-0.15, -0.1) is 0 Å². The number of likely N-dealkylation sites (tertiary alicyclic amines) is 1. The fraction of sp³-hybridized carbons (Fsp3) is 0.810. The van der Waals surface area contributed by atoms with Crippen molar-refractivity contribution in [1.82, 2.24) is 14.8 Å². The topological polar surface area (TPSA) is 58.8 Å². The minimum absolute atomic E-state index is 0.0395. The van der Waals surface area contributed by atoms with Crippen molar-refractivity contribution >= 4 is 5.91 Å². The smallest absolute Gasteiger partial charge is 0.276 e. The van der Waals surface area contributed by atoms with E-state index in [4.69, 9.17) is 9.15 Å². The second-order valence-electron chi connectivity index (χ2n) is 8.68. The van der Waals surface area contributed by atoms with Crippen LogP contribution >= 0.6 is 0 Å². The Morgan fingerprint density at radius 3 is 2.59 bits per heavy atom. The maximum absolute atomic E-state index is 13.1. The second kappa shape index (κ2) is 8.31. The fourth-order valence-corrected chi connectivity index (χ4v) is 5.09. The number of aromatic nitrogens is 1. The number of oxazole rings is 1. The molecule has 4 rings (SSSR count). The van der Waals surface area contributed by atoms with E-state index in [2.05, 4.69) is 23.7 Å². The predicted octanol–water partition coefficient (Wildman–Crippen LogP) is 3.44. The Labute approximate surface area is 162 Å². The van der Waals surface area contributed by atoms with Crippen LogP contribution in [0.3, 0.4) is 0 Å². The molecule has 6 nitrogen and oxygen atoms in total. The summed E-state index contributed by atoms with van der Waals surface area (Å²) >= 11 is 0. The monoisotopic (exact) mass is 375 g/mol. The summed E-state index contributed by atoms with van der Waals surface area (Å²) in [5.41, 5.74) is 0.492. The summed E-state index contributed by atoms with van der Waals surface area (Å²) in [6.07, 6.45) is 10.3. The lowest BCUT2D eigenvalue weighted by molar-refractivity contribution is -0.0715. The van der Waals surface area contributed by atoms with Gasteiger partial charge in [-0.2, -0.15) is 0 Å². The van der Waals surface area contributed by atoms with Gasteiger partial charge in [0.15, 0.2) is 11.6 Å². The zero-order valence-electron chi connectivity index (χ0n) is 16.7. The van der Waals surface area contributed by atoms with Crippen molar-refractivity contribution in [2.75, 3.05) is 26.2 Å². The molecule has 0 N–H and O–H groups in total. The van der Waals surface area contributed by atoms with Crippen LogP contribution in [0, 0.1) is 0 Å². The molecule has 1 aromatic rings. The molecule has 0 bridgehead atoms. The van der Waals surface area contributed by atoms with Gasteiger partial charge >= 0.3 is 0 Å². The van der Waals surface area contributed by atoms with Crippen molar-refractivity contribution in [1.29, 1.82) is 0 Å². The maximum atomic E-state index is 13.1. The molecule has 1 amide bonds. The summed E-state index contributed by atoms with van der Waals surface area (Å²) in [5, 5.41) is 0. The third-order valence-electron chi connectivity index (χ3n) is 6.30. The summed E-state index contributed by atoms with van der Waals surface area (Å²) in [5.74, 6) is 1.20. The van der Waals surface area contributed by atoms with Crippen LogP contribution < -0.4 is 0 Å². The van der Waals surface area contributed by atoms with E-state index in [9.17, 15) is 4.79 Å². The number of nitrogens with zero attached hydrogens (tertiary/aromatic N) is 3. The molecule has 1 saturated carbocycles. The van der Waals surface area contributed by atoms with Gasteiger partial charge < -0.3 is 14.1 Å². The van der Waals surface area contributed by atoms with Gasteiger partial charge in [0.1, 0.15) is 6.26 Å². The average molecular weight is 376 g/mol. The largest absolute Gasteiger partial charge is 0.448 e. The first kappa shape index (κ1) is 18.9. The first-order valence-corrected chi connectivity index (χ1v) is 10.7. The zero-order chi connectivity index (χ0) is 18.8. The van der Waals surface area contributed by atoms with Crippen LogP contribution in [-0.4, -0.2) is 65.1 Å². The number of hydrogen-bond acceptors (Lipinski definition) is 5. The number of rotatable bonds is 4. The summed E-state index contributed by atoms with van der Waals surface area (Å²) in [6, 6.07) is 0.268. The van der Waals surface area contributed by atoms with Crippen molar-refractivity contribution in [3.63, 3.8) is 0 Å². The highest BCUT2D eigenvalue weighted by Gasteiger charge is 2.34. The first-order valence-electron chi connectivity index (χ1n) is 10.7. The molecule has 1 aliphatic carbocycles. The lowest BCUT2D eigenvalue weighted by Crippen LogP contribution is -2.51. The summed E-state index contributed by atoms with van der Waals surface area (Å²) in [7, 11) is 0. The standard InChI is InChI=1S/C21H33N3O3/c1-15-11-23(12-16(2)27-15)13-18-9-6-10-24(18)21(25)19-14-26-20(22-19)17-7-4-3-5-8-17/h14-18H,3-13H2,1-2H3. The van der Waals surface area contributed by atoms with Crippen molar-refractivity contribution < 1.29 is 13.9 Å². The lowest BCUT2D eigenvalue weighted by atomic mass is 9.89. The van der Waals surface area contributed by atoms with E-state index in [1.54, 1.807) is 6.26 Å². The van der Waals surface area contributed by atoms with Gasteiger partial charge in [0.25, 0.3) is 5.91 Å². The highest BCUT2D eigenvalue weighted by Crippen LogP contribution is 2.32. The molecular formula is C21H33N3O3. The molecule has 3 heterocycles. The van der Waals surface area contributed by atoms with E-state index in [-0.39, 0.29) is 24.2 Å². The van der Waals surface area contributed by atoms with Crippen LogP contribution in [0.5, 0.6) is 0 Å². The molecule has 150 valence electrons. The molecule has 27 heavy (non-hydrogen) atoms. The number of morpholine rings is 1. The third kappa shape index (κ3) is 4.37. The van der Waals surface area contributed by atoms with Crippen LogP contribution in [0.2, 0.25) is 0 Å². The van der Waals surface area contributed by atoms with E-state index >= 15 is 0 Å². The van der Waals surface area contributed by atoms with Crippen LogP contribution in [0.15, 0.2) is 10.7 Å². The Kier molecular flexibility index (Phi) is 5.83. The van der Waals surface area contributed by atoms with E-state index < -0.39 is 0 Å². The average Bonchev–Trinajstić information content (AvgIpc) is 3.31. The molecule has 3 unspecified atom stereocenters. The highest BCUT2D eigenvalue weighted by molar-refractivity contribution is 5.92. The Bertz CT molecular complexity index is 630. The third-order valence-corrected chi connectivity index (χ3v) is 6.30. The van der Waals surface area contributed by atoms with Gasteiger partial charge in [-0.25, -0.2) is 4.98 Å². The molecule has 3 atom stereocenters. The molecule has 1 aromatic heterocycles. The molecular weight excluding hydrogens is 342 g/mol. The zero-order valence-corrected chi connectivity index (χ0v) is 16.7. The van der Waals surface area contributed by atoms with Crippen LogP contribution in [-0.2, 0) is 4.74 Å². The molecule has 3 aliphatic rings. The van der Waals surface area contributed by atoms with Crippen LogP contribution in [0.1, 0.15) is 81.1 Å². The summed E-state index contributed by atoms with van der Waals surface area (Å²) < 4.78 is 11.6. The highest BCUT2D eigenvalue weighted by atomic mass is 16.5. The molecule has 2 saturated heterocycles. The predicted molar refractivity (Wildman–Crippen MR) is 103 cm³/mol.